The second-order valence-electron chi connectivity index (χ2n) is 17.8. The lowest BCUT2D eigenvalue weighted by molar-refractivity contribution is -0.133. The van der Waals surface area contributed by atoms with Crippen LogP contribution in [0.2, 0.25) is 5.02 Å². The van der Waals surface area contributed by atoms with Crippen LogP contribution in [0.25, 0.3) is 11.0 Å². The van der Waals surface area contributed by atoms with E-state index in [-0.39, 0.29) is 39.7 Å². The van der Waals surface area contributed by atoms with Crippen LogP contribution >= 0.6 is 11.6 Å². The third kappa shape index (κ3) is 8.26. The fourth-order valence-corrected chi connectivity index (χ4v) is 12.5. The minimum Gasteiger partial charge on any atom is -0.373 e. The molecule has 2 aromatic heterocycles. The van der Waals surface area contributed by atoms with Crippen LogP contribution in [0.3, 0.4) is 0 Å². The molecule has 2 unspecified atom stereocenters. The van der Waals surface area contributed by atoms with Crippen molar-refractivity contribution in [1.82, 2.24) is 24.8 Å². The van der Waals surface area contributed by atoms with Crippen molar-refractivity contribution in [3.8, 4) is 0 Å². The molecule has 2 aromatic carbocycles. The van der Waals surface area contributed by atoms with Gasteiger partial charge in [0.1, 0.15) is 16.7 Å². The van der Waals surface area contributed by atoms with Crippen molar-refractivity contribution in [1.29, 1.82) is 0 Å². The first-order valence-corrected chi connectivity index (χ1v) is 23.1. The summed E-state index contributed by atoms with van der Waals surface area (Å²) in [5.74, 6) is 0.651. The van der Waals surface area contributed by atoms with Gasteiger partial charge in [0.25, 0.3) is 5.56 Å². The Morgan fingerprint density at radius 1 is 0.932 bits per heavy atom. The maximum absolute atomic E-state index is 13.8. The molecular formula is C45H55ClN8O4S. The number of likely N-dealkylation sites (tertiary alicyclic amines) is 1. The number of imide groups is 1. The molecule has 14 heteroatoms. The fraction of sp³-hybridized carbons (Fsp3) is 0.533. The smallest absolute Gasteiger partial charge is 0.271 e. The Balaban J connectivity index is 0.745. The number of carbonyl (C=O) groups excluding carboxylic acids is 2. The Labute approximate surface area is 353 Å². The van der Waals surface area contributed by atoms with Crippen molar-refractivity contribution in [2.45, 2.75) is 113 Å². The molecule has 4 aromatic rings. The summed E-state index contributed by atoms with van der Waals surface area (Å²) in [6, 6.07) is 13.6. The highest BCUT2D eigenvalue weighted by Gasteiger charge is 2.48. The molecule has 12 nitrogen and oxygen atoms in total. The maximum Gasteiger partial charge on any atom is 0.271 e. The van der Waals surface area contributed by atoms with E-state index in [9.17, 15) is 18.6 Å². The molecule has 59 heavy (non-hydrogen) atoms. The average Bonchev–Trinajstić information content (AvgIpc) is 3.75. The van der Waals surface area contributed by atoms with Crippen LogP contribution in [0.1, 0.15) is 94.2 Å². The summed E-state index contributed by atoms with van der Waals surface area (Å²) in [6.45, 7) is 9.56. The van der Waals surface area contributed by atoms with Crippen molar-refractivity contribution < 1.29 is 13.8 Å². The van der Waals surface area contributed by atoms with Gasteiger partial charge in [0, 0.05) is 70.9 Å². The van der Waals surface area contributed by atoms with Crippen LogP contribution in [0, 0.1) is 25.2 Å². The van der Waals surface area contributed by atoms with E-state index in [1.54, 1.807) is 16.8 Å². The molecule has 2 aliphatic carbocycles. The number of aryl methyl sites for hydroxylation is 1. The number of hydrogen-bond donors (Lipinski definition) is 3. The van der Waals surface area contributed by atoms with E-state index < -0.39 is 10.8 Å². The van der Waals surface area contributed by atoms with Crippen molar-refractivity contribution in [3.63, 3.8) is 0 Å². The SMILES string of the molecule is Cc1cc(S(=O)C2CC3(CCN(CC4CCN(c5cccc(NC6CCC(=O)NC6=O)c5C)CC4)CC3)C2)ccc1Nc1ncc2cc(Cl)c(=O)n(C3CCCC3)c2n1. The number of halogens is 1. The number of nitrogens with one attached hydrogen (secondary N) is 3. The lowest BCUT2D eigenvalue weighted by Gasteiger charge is -2.52. The van der Waals surface area contributed by atoms with Gasteiger partial charge in [-0.2, -0.15) is 4.98 Å². The van der Waals surface area contributed by atoms with Crippen LogP contribution in [0.15, 0.2) is 58.4 Å². The summed E-state index contributed by atoms with van der Waals surface area (Å²) in [7, 11) is -1.07. The predicted octanol–water partition coefficient (Wildman–Crippen LogP) is 7.41. The Morgan fingerprint density at radius 3 is 2.42 bits per heavy atom. The van der Waals surface area contributed by atoms with E-state index in [4.69, 9.17) is 16.6 Å². The monoisotopic (exact) mass is 838 g/mol. The molecule has 0 bridgehead atoms. The molecule has 312 valence electrons. The molecule has 1 spiro atoms. The Kier molecular flexibility index (Phi) is 11.3. The van der Waals surface area contributed by atoms with E-state index >= 15 is 0 Å². The number of pyridine rings is 1. The van der Waals surface area contributed by atoms with E-state index in [1.807, 2.05) is 31.2 Å². The number of carbonyl (C=O) groups is 2. The summed E-state index contributed by atoms with van der Waals surface area (Å²) in [5.41, 5.74) is 5.86. The topological polar surface area (TPSA) is 142 Å². The minimum absolute atomic E-state index is 0.0938. The number of benzene rings is 2. The average molecular weight is 840 g/mol. The normalized spacial score (nSPS) is 22.4. The molecule has 0 radical (unpaired) electrons. The Hall–Kier alpha value is -4.33. The molecule has 9 rings (SSSR count). The molecule has 2 saturated carbocycles. The molecule has 2 amide bonds. The molecule has 3 N–H and O–H groups in total. The van der Waals surface area contributed by atoms with Crippen molar-refractivity contribution in [2.75, 3.05) is 48.3 Å². The zero-order chi connectivity index (χ0) is 40.8. The fourth-order valence-electron chi connectivity index (χ4n) is 10.4. The Bertz CT molecular complexity index is 2340. The van der Waals surface area contributed by atoms with Gasteiger partial charge in [-0.05, 0) is 144 Å². The predicted molar refractivity (Wildman–Crippen MR) is 234 cm³/mol. The highest BCUT2D eigenvalue weighted by Crippen LogP contribution is 2.52. The summed E-state index contributed by atoms with van der Waals surface area (Å²) in [5, 5.41) is 10.3. The van der Waals surface area contributed by atoms with Crippen LogP contribution in [0.5, 0.6) is 0 Å². The maximum atomic E-state index is 13.8. The van der Waals surface area contributed by atoms with Crippen LogP contribution < -0.4 is 26.4 Å². The van der Waals surface area contributed by atoms with Gasteiger partial charge in [-0.15, -0.1) is 0 Å². The Morgan fingerprint density at radius 2 is 1.69 bits per heavy atom. The molecule has 3 saturated heterocycles. The summed E-state index contributed by atoms with van der Waals surface area (Å²) in [6.07, 6.45) is 13.4. The van der Waals surface area contributed by atoms with Crippen LogP contribution in [-0.2, 0) is 20.4 Å². The number of amides is 2. The van der Waals surface area contributed by atoms with Gasteiger partial charge in [0.2, 0.25) is 17.8 Å². The van der Waals surface area contributed by atoms with Gasteiger partial charge in [-0.3, -0.25) is 28.5 Å². The van der Waals surface area contributed by atoms with Gasteiger partial charge in [-0.1, -0.05) is 30.5 Å². The first-order valence-electron chi connectivity index (χ1n) is 21.6. The van der Waals surface area contributed by atoms with E-state index in [0.717, 1.165) is 117 Å². The van der Waals surface area contributed by atoms with Crippen LogP contribution in [-0.4, -0.2) is 79.5 Å². The van der Waals surface area contributed by atoms with Crippen molar-refractivity contribution >= 4 is 68.3 Å². The summed E-state index contributed by atoms with van der Waals surface area (Å²) in [4.78, 5) is 52.4. The zero-order valence-electron chi connectivity index (χ0n) is 34.1. The number of nitrogens with zero attached hydrogens (tertiary/aromatic N) is 5. The third-order valence-corrected chi connectivity index (χ3v) is 15.9. The highest BCUT2D eigenvalue weighted by atomic mass is 35.5. The van der Waals surface area contributed by atoms with Gasteiger partial charge in [-0.25, -0.2) is 4.98 Å². The number of anilines is 4. The van der Waals surface area contributed by atoms with Gasteiger partial charge >= 0.3 is 0 Å². The molecule has 5 aliphatic rings. The standard InChI is InChI=1S/C45H55ClN8O4S/c1-28-22-33(10-11-36(28)49-44-47-26-31-23-35(46)43(57)54(41(31)51-44)32-6-3-4-7-32)59(58)34-24-45(25-34)16-20-52(21-17-45)27-30-14-18-53(19-15-30)39-9-5-8-37(29(39)2)48-38-12-13-40(55)50-42(38)56/h5,8-11,22-23,26,30,32,34,38,48H,3-4,6-7,12-21,24-25,27H2,1-2H3,(H,47,49,51)(H,50,55,56). The van der Waals surface area contributed by atoms with E-state index in [0.29, 0.717) is 35.8 Å². The zero-order valence-corrected chi connectivity index (χ0v) is 35.7. The largest absolute Gasteiger partial charge is 0.373 e. The first kappa shape index (κ1) is 40.1. The van der Waals surface area contributed by atoms with Crippen molar-refractivity contribution in [3.05, 3.63) is 75.2 Å². The quantitative estimate of drug-likeness (QED) is 0.138. The first-order chi connectivity index (χ1) is 28.5. The number of rotatable bonds is 10. The second-order valence-corrected chi connectivity index (χ2v) is 20.0. The molecule has 3 aliphatic heterocycles. The summed E-state index contributed by atoms with van der Waals surface area (Å²) < 4.78 is 15.6. The molecular weight excluding hydrogens is 784 g/mol. The minimum atomic E-state index is -1.07. The highest BCUT2D eigenvalue weighted by molar-refractivity contribution is 7.85. The number of aromatic nitrogens is 3. The number of fused-ring (bicyclic) bond motifs is 1. The summed E-state index contributed by atoms with van der Waals surface area (Å²) >= 11 is 6.32. The third-order valence-electron chi connectivity index (χ3n) is 14.0. The van der Waals surface area contributed by atoms with Gasteiger partial charge in [0.05, 0.1) is 10.8 Å². The molecule has 5 heterocycles. The van der Waals surface area contributed by atoms with E-state index in [2.05, 4.69) is 49.8 Å². The molecule has 5 fully saturated rings. The van der Waals surface area contributed by atoms with Gasteiger partial charge in [0.15, 0.2) is 0 Å². The number of hydrogen-bond acceptors (Lipinski definition) is 10. The number of piperidine rings is 3. The van der Waals surface area contributed by atoms with Crippen LogP contribution in [0.4, 0.5) is 23.0 Å². The molecule has 2 atom stereocenters. The van der Waals surface area contributed by atoms with Crippen molar-refractivity contribution in [2.24, 2.45) is 11.3 Å². The van der Waals surface area contributed by atoms with Gasteiger partial charge < -0.3 is 20.4 Å². The lowest BCUT2D eigenvalue weighted by Crippen LogP contribution is -2.51. The second kappa shape index (κ2) is 16.6. The van der Waals surface area contributed by atoms with E-state index in [1.165, 1.54) is 18.5 Å². The lowest BCUT2D eigenvalue weighted by atomic mass is 9.63.